The average Bonchev–Trinajstić information content (AvgIpc) is 2.60. The third kappa shape index (κ3) is 11.6. The van der Waals surface area contributed by atoms with Crippen LogP contribution in [0.3, 0.4) is 0 Å². The molecule has 0 aliphatic heterocycles. The molecule has 1 heterocycles. The van der Waals surface area contributed by atoms with Crippen molar-refractivity contribution in [3.05, 3.63) is 30.1 Å². The van der Waals surface area contributed by atoms with Gasteiger partial charge in [-0.15, -0.1) is 0 Å². The predicted molar refractivity (Wildman–Crippen MR) is 106 cm³/mol. The van der Waals surface area contributed by atoms with Gasteiger partial charge < -0.3 is 0 Å². The van der Waals surface area contributed by atoms with Crippen molar-refractivity contribution in [2.24, 2.45) is 0 Å². The van der Waals surface area contributed by atoms with Gasteiger partial charge in [-0.2, -0.15) is 0 Å². The van der Waals surface area contributed by atoms with Gasteiger partial charge in [0, 0.05) is 18.1 Å². The number of hydrogen-bond donors (Lipinski definition) is 0. The Bertz CT molecular complexity index is 385. The van der Waals surface area contributed by atoms with Gasteiger partial charge in [0.1, 0.15) is 6.54 Å². The predicted octanol–water partition coefficient (Wildman–Crippen LogP) is 7.02. The van der Waals surface area contributed by atoms with E-state index in [0.717, 1.165) is 6.54 Å². The highest BCUT2D eigenvalue weighted by molar-refractivity contribution is 5.05. The van der Waals surface area contributed by atoms with Crippen molar-refractivity contribution >= 4 is 0 Å². The normalized spacial score (nSPS) is 11.1. The molecule has 0 radical (unpaired) electrons. The van der Waals surface area contributed by atoms with E-state index < -0.39 is 0 Å². The molecule has 0 atom stereocenters. The molecule has 0 aromatic carbocycles. The monoisotopic (exact) mass is 332 g/mol. The number of aromatic nitrogens is 1. The molecule has 1 rings (SSSR count). The van der Waals surface area contributed by atoms with Crippen molar-refractivity contribution in [2.45, 2.75) is 117 Å². The van der Waals surface area contributed by atoms with Crippen LogP contribution in [0.25, 0.3) is 0 Å². The Labute approximate surface area is 151 Å². The van der Waals surface area contributed by atoms with Crippen LogP contribution in [0.5, 0.6) is 0 Å². The number of pyridine rings is 1. The molecule has 1 aromatic heterocycles. The van der Waals surface area contributed by atoms with Crippen LogP contribution in [0, 0.1) is 0 Å². The third-order valence-corrected chi connectivity index (χ3v) is 4.97. The molecule has 0 saturated heterocycles. The van der Waals surface area contributed by atoms with E-state index in [1.807, 2.05) is 0 Å². The molecule has 138 valence electrons. The fourth-order valence-electron chi connectivity index (χ4n) is 3.47. The molecular formula is C23H42N+. The molecule has 1 heteroatoms. The Hall–Kier alpha value is -0.850. The summed E-state index contributed by atoms with van der Waals surface area (Å²) in [5.41, 5.74) is 1.51. The van der Waals surface area contributed by atoms with Crippen molar-refractivity contribution < 1.29 is 4.57 Å². The van der Waals surface area contributed by atoms with Gasteiger partial charge in [-0.3, -0.25) is 0 Å². The van der Waals surface area contributed by atoms with Gasteiger partial charge in [0.2, 0.25) is 0 Å². The first-order chi connectivity index (χ1) is 11.9. The van der Waals surface area contributed by atoms with Crippen molar-refractivity contribution in [3.63, 3.8) is 0 Å². The number of rotatable bonds is 16. The highest BCUT2D eigenvalue weighted by atomic mass is 14.9. The highest BCUT2D eigenvalue weighted by Crippen LogP contribution is 2.13. The van der Waals surface area contributed by atoms with Gasteiger partial charge in [0.15, 0.2) is 12.4 Å². The maximum atomic E-state index is 2.34. The van der Waals surface area contributed by atoms with E-state index in [0.29, 0.717) is 0 Å². The smallest absolute Gasteiger partial charge is 0.171 e. The molecule has 0 aliphatic carbocycles. The van der Waals surface area contributed by atoms with Crippen LogP contribution < -0.4 is 4.57 Å². The Morgan fingerprint density at radius 1 is 0.667 bits per heavy atom. The summed E-state index contributed by atoms with van der Waals surface area (Å²) in [6.45, 7) is 5.68. The van der Waals surface area contributed by atoms with Gasteiger partial charge in [0.25, 0.3) is 0 Å². The Morgan fingerprint density at radius 3 is 1.75 bits per heavy atom. The summed E-state index contributed by atoms with van der Waals surface area (Å²) in [6, 6.07) is 4.49. The van der Waals surface area contributed by atoms with Gasteiger partial charge in [-0.25, -0.2) is 4.57 Å². The lowest BCUT2D eigenvalue weighted by Gasteiger charge is -2.03. The zero-order valence-corrected chi connectivity index (χ0v) is 16.6. The first kappa shape index (κ1) is 21.2. The Morgan fingerprint density at radius 2 is 1.21 bits per heavy atom. The van der Waals surface area contributed by atoms with Crippen LogP contribution in [-0.4, -0.2) is 0 Å². The summed E-state index contributed by atoms with van der Waals surface area (Å²) in [7, 11) is 0. The van der Waals surface area contributed by atoms with Gasteiger partial charge in [-0.05, 0) is 18.9 Å². The van der Waals surface area contributed by atoms with E-state index in [9.17, 15) is 0 Å². The van der Waals surface area contributed by atoms with Crippen LogP contribution in [0.2, 0.25) is 0 Å². The van der Waals surface area contributed by atoms with Gasteiger partial charge in [-0.1, -0.05) is 90.9 Å². The molecule has 24 heavy (non-hydrogen) atoms. The standard InChI is InChI=1S/C23H42N/c1-3-5-6-7-8-9-10-11-12-13-14-15-16-18-23-19-17-21-24(22-23)20-4-2/h17,19,21-22H,3-16,18,20H2,1-2H3/q+1. The minimum absolute atomic E-state index is 1.15. The van der Waals surface area contributed by atoms with E-state index in [2.05, 4.69) is 42.9 Å². The van der Waals surface area contributed by atoms with Crippen molar-refractivity contribution in [1.29, 1.82) is 0 Å². The summed E-state index contributed by atoms with van der Waals surface area (Å²) in [5, 5.41) is 0. The summed E-state index contributed by atoms with van der Waals surface area (Å²) >= 11 is 0. The quantitative estimate of drug-likeness (QED) is 0.226. The summed E-state index contributed by atoms with van der Waals surface area (Å²) < 4.78 is 2.33. The molecular weight excluding hydrogens is 290 g/mol. The maximum Gasteiger partial charge on any atom is 0.171 e. The van der Waals surface area contributed by atoms with Crippen LogP contribution in [0.15, 0.2) is 24.5 Å². The van der Waals surface area contributed by atoms with Crippen molar-refractivity contribution in [1.82, 2.24) is 0 Å². The Balaban J connectivity index is 1.88. The van der Waals surface area contributed by atoms with Crippen LogP contribution in [-0.2, 0) is 13.0 Å². The Kier molecular flexibility index (Phi) is 13.8. The molecule has 0 amide bonds. The zero-order chi connectivity index (χ0) is 17.3. The van der Waals surface area contributed by atoms with Crippen molar-refractivity contribution in [2.75, 3.05) is 0 Å². The molecule has 0 saturated carbocycles. The van der Waals surface area contributed by atoms with E-state index >= 15 is 0 Å². The van der Waals surface area contributed by atoms with Crippen molar-refractivity contribution in [3.8, 4) is 0 Å². The molecule has 1 nitrogen and oxygen atoms in total. The summed E-state index contributed by atoms with van der Waals surface area (Å²) in [4.78, 5) is 0. The second kappa shape index (κ2) is 15.7. The van der Waals surface area contributed by atoms with E-state index in [4.69, 9.17) is 0 Å². The number of aryl methyl sites for hydroxylation is 2. The lowest BCUT2D eigenvalue weighted by Crippen LogP contribution is -2.32. The third-order valence-electron chi connectivity index (χ3n) is 4.97. The SMILES string of the molecule is CCCCCCCCCCCCCCCc1ccc[n+](CCC)c1. The fourth-order valence-corrected chi connectivity index (χ4v) is 3.47. The summed E-state index contributed by atoms with van der Waals surface area (Å²) in [6.07, 6.45) is 25.7. The average molecular weight is 333 g/mol. The molecule has 0 spiro atoms. The van der Waals surface area contributed by atoms with E-state index in [1.165, 1.54) is 102 Å². The second-order valence-corrected chi connectivity index (χ2v) is 7.44. The first-order valence-corrected chi connectivity index (χ1v) is 10.8. The largest absolute Gasteiger partial charge is 0.205 e. The highest BCUT2D eigenvalue weighted by Gasteiger charge is 2.01. The first-order valence-electron chi connectivity index (χ1n) is 10.8. The summed E-state index contributed by atoms with van der Waals surface area (Å²) in [5.74, 6) is 0. The maximum absolute atomic E-state index is 2.34. The number of nitrogens with zero attached hydrogens (tertiary/aromatic N) is 1. The fraction of sp³-hybridized carbons (Fsp3) is 0.783. The lowest BCUT2D eigenvalue weighted by molar-refractivity contribution is -0.697. The van der Waals surface area contributed by atoms with Gasteiger partial charge in [0.05, 0.1) is 0 Å². The number of hydrogen-bond acceptors (Lipinski definition) is 0. The van der Waals surface area contributed by atoms with Crippen LogP contribution in [0.1, 0.15) is 109 Å². The van der Waals surface area contributed by atoms with Crippen LogP contribution >= 0.6 is 0 Å². The van der Waals surface area contributed by atoms with E-state index in [1.54, 1.807) is 0 Å². The zero-order valence-electron chi connectivity index (χ0n) is 16.6. The second-order valence-electron chi connectivity index (χ2n) is 7.44. The molecule has 0 bridgehead atoms. The topological polar surface area (TPSA) is 3.88 Å². The van der Waals surface area contributed by atoms with E-state index in [-0.39, 0.29) is 0 Å². The van der Waals surface area contributed by atoms with Crippen LogP contribution in [0.4, 0.5) is 0 Å². The lowest BCUT2D eigenvalue weighted by atomic mass is 10.0. The molecule has 0 unspecified atom stereocenters. The molecule has 0 fully saturated rings. The molecule has 0 N–H and O–H groups in total. The number of unbranched alkanes of at least 4 members (excludes halogenated alkanes) is 12. The van der Waals surface area contributed by atoms with Gasteiger partial charge >= 0.3 is 0 Å². The molecule has 1 aromatic rings. The minimum Gasteiger partial charge on any atom is -0.205 e. The molecule has 0 aliphatic rings. The minimum atomic E-state index is 1.15.